The molecule has 7 nitrogen and oxygen atoms in total. The lowest BCUT2D eigenvalue weighted by Gasteiger charge is -2.25. The Morgan fingerprint density at radius 1 is 1.14 bits per heavy atom. The van der Waals surface area contributed by atoms with Gasteiger partial charge in [0.15, 0.2) is 16.6 Å². The van der Waals surface area contributed by atoms with Gasteiger partial charge in [-0.25, -0.2) is 9.78 Å². The lowest BCUT2D eigenvalue weighted by atomic mass is 10.2. The number of carbonyl (C=O) groups is 2. The number of rotatable bonds is 5. The normalized spacial score (nSPS) is 14.9. The highest BCUT2D eigenvalue weighted by molar-refractivity contribution is 7.17. The molecule has 4 rings (SSSR count). The topological polar surface area (TPSA) is 86.8 Å². The Morgan fingerprint density at radius 2 is 1.86 bits per heavy atom. The molecule has 2 heterocycles. The van der Waals surface area contributed by atoms with Crippen molar-refractivity contribution in [2.24, 2.45) is 0 Å². The molecule has 1 atom stereocenters. The number of anilines is 1. The van der Waals surface area contributed by atoms with Crippen LogP contribution in [0.4, 0.5) is 5.13 Å². The van der Waals surface area contributed by atoms with Crippen molar-refractivity contribution in [3.05, 3.63) is 70.7 Å². The maximum absolute atomic E-state index is 12.5. The summed E-state index contributed by atoms with van der Waals surface area (Å²) >= 11 is 1.07. The number of esters is 1. The number of fused-ring (bicyclic) bond motifs is 1. The number of hydrogen-bond acceptors (Lipinski definition) is 7. The molecule has 0 aliphatic carbocycles. The summed E-state index contributed by atoms with van der Waals surface area (Å²) in [4.78, 5) is 29.5. The van der Waals surface area contributed by atoms with Gasteiger partial charge in [-0.3, -0.25) is 10.1 Å². The number of aryl methyl sites for hydroxylation is 1. The summed E-state index contributed by atoms with van der Waals surface area (Å²) in [6, 6.07) is 16.6. The van der Waals surface area contributed by atoms with E-state index in [0.29, 0.717) is 27.2 Å². The number of nitrogens with one attached hydrogen (secondary N) is 1. The van der Waals surface area contributed by atoms with Crippen molar-refractivity contribution >= 4 is 28.3 Å². The Kier molecular flexibility index (Phi) is 5.44. The lowest BCUT2D eigenvalue weighted by Crippen LogP contribution is -2.40. The van der Waals surface area contributed by atoms with Crippen LogP contribution in [0.15, 0.2) is 54.6 Å². The third kappa shape index (κ3) is 4.38. The molecule has 1 aliphatic rings. The predicted octanol–water partition coefficient (Wildman–Crippen LogP) is 3.59. The van der Waals surface area contributed by atoms with E-state index >= 15 is 0 Å². The van der Waals surface area contributed by atoms with E-state index in [-0.39, 0.29) is 13.2 Å². The minimum absolute atomic E-state index is 0.0964. The van der Waals surface area contributed by atoms with E-state index in [4.69, 9.17) is 14.2 Å². The fourth-order valence-corrected chi connectivity index (χ4v) is 3.63. The van der Waals surface area contributed by atoms with Gasteiger partial charge in [-0.15, -0.1) is 0 Å². The second-order valence-electron chi connectivity index (χ2n) is 6.35. The van der Waals surface area contributed by atoms with E-state index < -0.39 is 18.0 Å². The van der Waals surface area contributed by atoms with Crippen LogP contribution in [0.25, 0.3) is 0 Å². The highest BCUT2D eigenvalue weighted by atomic mass is 32.1. The van der Waals surface area contributed by atoms with E-state index in [1.807, 2.05) is 36.4 Å². The molecular formula is C21H18N2O5S. The molecule has 0 bridgehead atoms. The first-order valence-electron chi connectivity index (χ1n) is 8.98. The number of amides is 1. The highest BCUT2D eigenvalue weighted by Gasteiger charge is 2.28. The molecule has 148 valence electrons. The molecular weight excluding hydrogens is 392 g/mol. The molecule has 1 aliphatic heterocycles. The first-order chi connectivity index (χ1) is 14.1. The van der Waals surface area contributed by atoms with Gasteiger partial charge >= 0.3 is 5.97 Å². The van der Waals surface area contributed by atoms with Gasteiger partial charge in [0.2, 0.25) is 6.10 Å². The smallest absolute Gasteiger partial charge is 0.350 e. The van der Waals surface area contributed by atoms with Gasteiger partial charge in [0.1, 0.15) is 18.1 Å². The monoisotopic (exact) mass is 410 g/mol. The zero-order valence-corrected chi connectivity index (χ0v) is 16.4. The van der Waals surface area contributed by atoms with E-state index in [2.05, 4.69) is 10.3 Å². The minimum atomic E-state index is -0.803. The number of carbonyl (C=O) groups excluding carboxylic acids is 2. The molecule has 1 N–H and O–H groups in total. The number of para-hydroxylation sites is 2. The maximum atomic E-state index is 12.5. The SMILES string of the molecule is Cc1nc(NC(=O)C2COc3ccccc3O2)sc1C(=O)OCc1ccccc1. The molecule has 0 fully saturated rings. The summed E-state index contributed by atoms with van der Waals surface area (Å²) in [5.41, 5.74) is 1.39. The van der Waals surface area contributed by atoms with Crippen LogP contribution in [0.2, 0.25) is 0 Å². The third-order valence-electron chi connectivity index (χ3n) is 4.23. The number of ether oxygens (including phenoxy) is 3. The molecule has 8 heteroatoms. The molecule has 29 heavy (non-hydrogen) atoms. The summed E-state index contributed by atoms with van der Waals surface area (Å²) in [7, 11) is 0. The zero-order chi connectivity index (χ0) is 20.2. The summed E-state index contributed by atoms with van der Waals surface area (Å²) < 4.78 is 16.6. The second-order valence-corrected chi connectivity index (χ2v) is 7.35. The van der Waals surface area contributed by atoms with Crippen molar-refractivity contribution in [2.45, 2.75) is 19.6 Å². The molecule has 1 amide bonds. The molecule has 0 saturated heterocycles. The van der Waals surface area contributed by atoms with E-state index in [9.17, 15) is 9.59 Å². The van der Waals surface area contributed by atoms with Crippen molar-refractivity contribution in [1.82, 2.24) is 4.98 Å². The Balaban J connectivity index is 1.38. The van der Waals surface area contributed by atoms with Crippen LogP contribution in [0.1, 0.15) is 20.9 Å². The van der Waals surface area contributed by atoms with E-state index in [1.54, 1.807) is 25.1 Å². The van der Waals surface area contributed by atoms with Gasteiger partial charge < -0.3 is 14.2 Å². The fourth-order valence-electron chi connectivity index (χ4n) is 2.76. The summed E-state index contributed by atoms with van der Waals surface area (Å²) in [6.45, 7) is 1.96. The Bertz CT molecular complexity index is 1030. The van der Waals surface area contributed by atoms with Crippen LogP contribution in [-0.2, 0) is 16.1 Å². The summed E-state index contributed by atoms with van der Waals surface area (Å²) in [6.07, 6.45) is -0.803. The van der Waals surface area contributed by atoms with Crippen LogP contribution >= 0.6 is 11.3 Å². The van der Waals surface area contributed by atoms with Crippen molar-refractivity contribution < 1.29 is 23.8 Å². The molecule has 3 aromatic rings. The quantitative estimate of drug-likeness (QED) is 0.647. The van der Waals surface area contributed by atoms with Gasteiger partial charge in [-0.2, -0.15) is 0 Å². The molecule has 0 spiro atoms. The molecule has 0 radical (unpaired) electrons. The van der Waals surface area contributed by atoms with Crippen LogP contribution in [0.3, 0.4) is 0 Å². The largest absolute Gasteiger partial charge is 0.485 e. The number of aromatic nitrogens is 1. The average Bonchev–Trinajstić information content (AvgIpc) is 3.12. The summed E-state index contributed by atoms with van der Waals surface area (Å²) in [5, 5.41) is 3.00. The first kappa shape index (κ1) is 18.9. The van der Waals surface area contributed by atoms with Crippen LogP contribution in [0, 0.1) is 6.92 Å². The van der Waals surface area contributed by atoms with Gasteiger partial charge in [0, 0.05) is 0 Å². The fraction of sp³-hybridized carbons (Fsp3) is 0.190. The molecule has 2 aromatic carbocycles. The van der Waals surface area contributed by atoms with Gasteiger partial charge in [-0.05, 0) is 24.6 Å². The number of benzene rings is 2. The van der Waals surface area contributed by atoms with Crippen molar-refractivity contribution in [2.75, 3.05) is 11.9 Å². The number of thiazole rings is 1. The number of nitrogens with zero attached hydrogens (tertiary/aromatic N) is 1. The Hall–Kier alpha value is -3.39. The maximum Gasteiger partial charge on any atom is 0.350 e. The zero-order valence-electron chi connectivity index (χ0n) is 15.6. The van der Waals surface area contributed by atoms with Crippen molar-refractivity contribution in [3.8, 4) is 11.5 Å². The van der Waals surface area contributed by atoms with E-state index in [1.165, 1.54) is 0 Å². The van der Waals surface area contributed by atoms with Crippen LogP contribution < -0.4 is 14.8 Å². The molecule has 1 aromatic heterocycles. The Morgan fingerprint density at radius 3 is 2.66 bits per heavy atom. The highest BCUT2D eigenvalue weighted by Crippen LogP contribution is 2.31. The van der Waals surface area contributed by atoms with Gasteiger partial charge in [-0.1, -0.05) is 53.8 Å². The van der Waals surface area contributed by atoms with Crippen LogP contribution in [-0.4, -0.2) is 29.6 Å². The third-order valence-corrected chi connectivity index (χ3v) is 5.28. The summed E-state index contributed by atoms with van der Waals surface area (Å²) in [5.74, 6) is 0.248. The average molecular weight is 410 g/mol. The van der Waals surface area contributed by atoms with Crippen LogP contribution in [0.5, 0.6) is 11.5 Å². The van der Waals surface area contributed by atoms with E-state index in [0.717, 1.165) is 16.9 Å². The van der Waals surface area contributed by atoms with Crippen molar-refractivity contribution in [3.63, 3.8) is 0 Å². The standard InChI is InChI=1S/C21H18N2O5S/c1-13-18(20(25)27-11-14-7-3-2-4-8-14)29-21(22-13)23-19(24)17-12-26-15-9-5-6-10-16(15)28-17/h2-10,17H,11-12H2,1H3,(H,22,23,24). The van der Waals surface area contributed by atoms with Gasteiger partial charge in [0.05, 0.1) is 5.69 Å². The predicted molar refractivity (Wildman–Crippen MR) is 107 cm³/mol. The number of hydrogen-bond donors (Lipinski definition) is 1. The van der Waals surface area contributed by atoms with Crippen molar-refractivity contribution in [1.29, 1.82) is 0 Å². The lowest BCUT2D eigenvalue weighted by molar-refractivity contribution is -0.125. The Labute approximate surface area is 171 Å². The minimum Gasteiger partial charge on any atom is -0.485 e. The molecule has 0 saturated carbocycles. The first-order valence-corrected chi connectivity index (χ1v) is 9.79. The molecule has 1 unspecified atom stereocenters. The second kappa shape index (κ2) is 8.32. The van der Waals surface area contributed by atoms with Gasteiger partial charge in [0.25, 0.3) is 5.91 Å².